The maximum absolute atomic E-state index is 12.2. The Kier molecular flexibility index (Phi) is 5.50. The van der Waals surface area contributed by atoms with E-state index in [0.717, 1.165) is 51.3 Å². The molecule has 21 heavy (non-hydrogen) atoms. The van der Waals surface area contributed by atoms with Crippen molar-refractivity contribution in [2.24, 2.45) is 0 Å². The van der Waals surface area contributed by atoms with E-state index in [0.29, 0.717) is 0 Å². The maximum atomic E-state index is 12.2. The summed E-state index contributed by atoms with van der Waals surface area (Å²) in [4.78, 5) is 32.6. The van der Waals surface area contributed by atoms with Crippen molar-refractivity contribution < 1.29 is 4.79 Å². The first kappa shape index (κ1) is 15.7. The van der Waals surface area contributed by atoms with E-state index < -0.39 is 0 Å². The molecule has 1 fully saturated rings. The Balaban J connectivity index is 1.95. The number of aromatic nitrogens is 2. The predicted octanol–water partition coefficient (Wildman–Crippen LogP) is 0.360. The predicted molar refractivity (Wildman–Crippen MR) is 81.2 cm³/mol. The largest absolute Gasteiger partial charge is 0.339 e. The van der Waals surface area contributed by atoms with Gasteiger partial charge in [0, 0.05) is 37.9 Å². The van der Waals surface area contributed by atoms with Gasteiger partial charge in [-0.3, -0.25) is 14.2 Å². The van der Waals surface area contributed by atoms with Crippen LogP contribution in [-0.4, -0.2) is 58.0 Å². The van der Waals surface area contributed by atoms with Crippen molar-refractivity contribution in [3.05, 3.63) is 28.4 Å². The summed E-state index contributed by atoms with van der Waals surface area (Å²) in [6, 6.07) is 1.53. The molecule has 0 bridgehead atoms. The van der Waals surface area contributed by atoms with Crippen molar-refractivity contribution in [2.75, 3.05) is 32.7 Å². The number of carbonyl (C=O) groups is 1. The van der Waals surface area contributed by atoms with E-state index in [2.05, 4.69) is 16.8 Å². The van der Waals surface area contributed by atoms with Gasteiger partial charge in [0.15, 0.2) is 0 Å². The minimum Gasteiger partial charge on any atom is -0.339 e. The van der Waals surface area contributed by atoms with Crippen LogP contribution in [0.5, 0.6) is 0 Å². The average Bonchev–Trinajstić information content (AvgIpc) is 2.50. The van der Waals surface area contributed by atoms with Gasteiger partial charge in [0.25, 0.3) is 5.56 Å². The van der Waals surface area contributed by atoms with Gasteiger partial charge in [0.1, 0.15) is 6.54 Å². The number of likely N-dealkylation sites (N-methyl/N-ethyl adjacent to an activating group) is 1. The fourth-order valence-electron chi connectivity index (χ4n) is 2.53. The van der Waals surface area contributed by atoms with Gasteiger partial charge in [-0.2, -0.15) is 0 Å². The van der Waals surface area contributed by atoms with E-state index in [9.17, 15) is 9.59 Å². The second-order valence-electron chi connectivity index (χ2n) is 5.41. The molecule has 2 rings (SSSR count). The Hall–Kier alpha value is -1.69. The van der Waals surface area contributed by atoms with Crippen molar-refractivity contribution >= 4 is 5.91 Å². The number of hydrogen-bond acceptors (Lipinski definition) is 4. The van der Waals surface area contributed by atoms with E-state index >= 15 is 0 Å². The number of piperazine rings is 1. The van der Waals surface area contributed by atoms with Crippen LogP contribution in [0.25, 0.3) is 0 Å². The summed E-state index contributed by atoms with van der Waals surface area (Å²) in [5.74, 6) is -0.00195. The highest BCUT2D eigenvalue weighted by atomic mass is 16.2. The van der Waals surface area contributed by atoms with Gasteiger partial charge in [-0.05, 0) is 13.0 Å². The van der Waals surface area contributed by atoms with E-state index in [1.807, 2.05) is 11.8 Å². The molecule has 0 spiro atoms. The monoisotopic (exact) mass is 292 g/mol. The SMILES string of the molecule is CCCc1cc(=O)n(CC(=O)N2CCN(CC)CC2)cn1. The number of hydrogen-bond donors (Lipinski definition) is 0. The van der Waals surface area contributed by atoms with Crippen molar-refractivity contribution in [3.8, 4) is 0 Å². The van der Waals surface area contributed by atoms with Gasteiger partial charge in [0.2, 0.25) is 5.91 Å². The van der Waals surface area contributed by atoms with Crippen LogP contribution in [0, 0.1) is 0 Å². The molecule has 6 heteroatoms. The molecule has 0 saturated carbocycles. The van der Waals surface area contributed by atoms with Crippen LogP contribution in [0.2, 0.25) is 0 Å². The van der Waals surface area contributed by atoms with Gasteiger partial charge in [-0.15, -0.1) is 0 Å². The number of carbonyl (C=O) groups excluding carboxylic acids is 1. The van der Waals surface area contributed by atoms with Crippen LogP contribution < -0.4 is 5.56 Å². The Bertz CT molecular complexity index is 533. The second-order valence-corrected chi connectivity index (χ2v) is 5.41. The highest BCUT2D eigenvalue weighted by Crippen LogP contribution is 2.02. The molecule has 1 aromatic heterocycles. The first-order valence-electron chi connectivity index (χ1n) is 7.69. The lowest BCUT2D eigenvalue weighted by Crippen LogP contribution is -2.49. The summed E-state index contributed by atoms with van der Waals surface area (Å²) in [6.45, 7) is 8.57. The molecule has 0 atom stereocenters. The molecule has 6 nitrogen and oxygen atoms in total. The molecular weight excluding hydrogens is 268 g/mol. The zero-order chi connectivity index (χ0) is 15.2. The van der Waals surface area contributed by atoms with Crippen LogP contribution in [0.3, 0.4) is 0 Å². The van der Waals surface area contributed by atoms with Gasteiger partial charge >= 0.3 is 0 Å². The number of aryl methyl sites for hydroxylation is 1. The fourth-order valence-corrected chi connectivity index (χ4v) is 2.53. The molecule has 2 heterocycles. The summed E-state index contributed by atoms with van der Waals surface area (Å²) in [5.41, 5.74) is 0.650. The summed E-state index contributed by atoms with van der Waals surface area (Å²) < 4.78 is 1.40. The van der Waals surface area contributed by atoms with E-state index in [1.54, 1.807) is 0 Å². The minimum absolute atomic E-state index is 0.00195. The standard InChI is InChI=1S/C15H24N4O2/c1-3-5-13-10-14(20)19(12-16-13)11-15(21)18-8-6-17(4-2)7-9-18/h10,12H,3-9,11H2,1-2H3. The molecule has 0 aromatic carbocycles. The molecular formula is C15H24N4O2. The lowest BCUT2D eigenvalue weighted by atomic mass is 10.2. The fraction of sp³-hybridized carbons (Fsp3) is 0.667. The molecule has 0 radical (unpaired) electrons. The summed E-state index contributed by atoms with van der Waals surface area (Å²) in [5, 5.41) is 0. The Morgan fingerprint density at radius 1 is 1.24 bits per heavy atom. The van der Waals surface area contributed by atoms with Gasteiger partial charge < -0.3 is 9.80 Å². The first-order chi connectivity index (χ1) is 10.1. The summed E-state index contributed by atoms with van der Waals surface area (Å²) in [7, 11) is 0. The van der Waals surface area contributed by atoms with Crippen molar-refractivity contribution in [1.29, 1.82) is 0 Å². The lowest BCUT2D eigenvalue weighted by Gasteiger charge is -2.34. The highest BCUT2D eigenvalue weighted by Gasteiger charge is 2.20. The molecule has 1 aliphatic heterocycles. The molecule has 116 valence electrons. The first-order valence-corrected chi connectivity index (χ1v) is 7.69. The second kappa shape index (κ2) is 7.36. The van der Waals surface area contributed by atoms with E-state index in [-0.39, 0.29) is 18.0 Å². The molecule has 1 saturated heterocycles. The maximum Gasteiger partial charge on any atom is 0.253 e. The lowest BCUT2D eigenvalue weighted by molar-refractivity contribution is -0.133. The van der Waals surface area contributed by atoms with Gasteiger partial charge in [0.05, 0.1) is 6.33 Å². The van der Waals surface area contributed by atoms with Crippen LogP contribution in [-0.2, 0) is 17.8 Å². The van der Waals surface area contributed by atoms with Crippen molar-refractivity contribution in [1.82, 2.24) is 19.4 Å². The smallest absolute Gasteiger partial charge is 0.253 e. The third-order valence-electron chi connectivity index (χ3n) is 3.92. The van der Waals surface area contributed by atoms with Crippen LogP contribution in [0.15, 0.2) is 17.2 Å². The molecule has 0 unspecified atom stereocenters. The quantitative estimate of drug-likeness (QED) is 0.786. The van der Waals surface area contributed by atoms with E-state index in [1.165, 1.54) is 17.0 Å². The molecule has 0 aliphatic carbocycles. The normalized spacial score (nSPS) is 16.2. The van der Waals surface area contributed by atoms with Crippen molar-refractivity contribution in [3.63, 3.8) is 0 Å². The number of amides is 1. The third kappa shape index (κ3) is 4.14. The minimum atomic E-state index is -0.144. The zero-order valence-electron chi connectivity index (χ0n) is 12.9. The molecule has 0 N–H and O–H groups in total. The average molecular weight is 292 g/mol. The Labute approximate surface area is 125 Å². The summed E-state index contributed by atoms with van der Waals surface area (Å²) in [6.07, 6.45) is 3.24. The summed E-state index contributed by atoms with van der Waals surface area (Å²) >= 11 is 0. The Morgan fingerprint density at radius 3 is 2.52 bits per heavy atom. The van der Waals surface area contributed by atoms with Crippen molar-refractivity contribution in [2.45, 2.75) is 33.2 Å². The molecule has 1 aromatic rings. The van der Waals surface area contributed by atoms with Gasteiger partial charge in [-0.1, -0.05) is 20.3 Å². The highest BCUT2D eigenvalue weighted by molar-refractivity contribution is 5.76. The molecule has 1 amide bonds. The molecule has 1 aliphatic rings. The van der Waals surface area contributed by atoms with Crippen LogP contribution in [0.4, 0.5) is 0 Å². The van der Waals surface area contributed by atoms with Crippen LogP contribution in [0.1, 0.15) is 26.0 Å². The van der Waals surface area contributed by atoms with Crippen LogP contribution >= 0.6 is 0 Å². The van der Waals surface area contributed by atoms with E-state index in [4.69, 9.17) is 0 Å². The number of nitrogens with zero attached hydrogens (tertiary/aromatic N) is 4. The van der Waals surface area contributed by atoms with Gasteiger partial charge in [-0.25, -0.2) is 4.98 Å². The zero-order valence-corrected chi connectivity index (χ0v) is 12.9. The Morgan fingerprint density at radius 2 is 1.95 bits per heavy atom. The third-order valence-corrected chi connectivity index (χ3v) is 3.92. The number of rotatable bonds is 5. The topological polar surface area (TPSA) is 58.4 Å².